The summed E-state index contributed by atoms with van der Waals surface area (Å²) >= 11 is 1.40. The Bertz CT molecular complexity index is 920. The average molecular weight is 507 g/mol. The average Bonchev–Trinajstić information content (AvgIpc) is 3.24. The third kappa shape index (κ3) is 10.3. The van der Waals surface area contributed by atoms with Crippen LogP contribution in [0.3, 0.4) is 0 Å². The summed E-state index contributed by atoms with van der Waals surface area (Å²) < 4.78 is 10.9. The van der Waals surface area contributed by atoms with Crippen LogP contribution in [-0.2, 0) is 16.1 Å². The lowest BCUT2D eigenvalue weighted by Crippen LogP contribution is -2.51. The van der Waals surface area contributed by atoms with Crippen LogP contribution in [-0.4, -0.2) is 44.6 Å². The SMILES string of the molecule is CC(C)CC(NC(=O)[C@H](CC(C)C)NC(=O)OCc1ccccc1)C(O)c1nnc(SC(C)C)o1. The van der Waals surface area contributed by atoms with Gasteiger partial charge in [0.05, 0.1) is 6.04 Å². The minimum atomic E-state index is -1.18. The molecule has 10 heteroatoms. The molecule has 0 saturated carbocycles. The summed E-state index contributed by atoms with van der Waals surface area (Å²) in [5.41, 5.74) is 0.849. The first-order valence-electron chi connectivity index (χ1n) is 12.0. The smallest absolute Gasteiger partial charge is 0.408 e. The predicted molar refractivity (Wildman–Crippen MR) is 135 cm³/mol. The number of hydrogen-bond acceptors (Lipinski definition) is 8. The Morgan fingerprint density at radius 3 is 2.26 bits per heavy atom. The van der Waals surface area contributed by atoms with E-state index in [1.807, 2.05) is 71.9 Å². The van der Waals surface area contributed by atoms with E-state index in [0.29, 0.717) is 18.1 Å². The highest BCUT2D eigenvalue weighted by Crippen LogP contribution is 2.26. The Labute approximate surface area is 211 Å². The largest absolute Gasteiger partial charge is 0.445 e. The maximum atomic E-state index is 13.2. The number of aromatic nitrogens is 2. The van der Waals surface area contributed by atoms with Crippen LogP contribution in [0.1, 0.15) is 71.9 Å². The first-order valence-corrected chi connectivity index (χ1v) is 12.9. The zero-order chi connectivity index (χ0) is 26.0. The van der Waals surface area contributed by atoms with Crippen LogP contribution in [0.15, 0.2) is 40.0 Å². The van der Waals surface area contributed by atoms with E-state index >= 15 is 0 Å². The molecule has 2 unspecified atom stereocenters. The van der Waals surface area contributed by atoms with Gasteiger partial charge in [0.1, 0.15) is 12.6 Å². The van der Waals surface area contributed by atoms with Gasteiger partial charge in [0.15, 0.2) is 6.10 Å². The van der Waals surface area contributed by atoms with Crippen molar-refractivity contribution in [3.63, 3.8) is 0 Å². The molecule has 3 atom stereocenters. The Balaban J connectivity index is 2.07. The van der Waals surface area contributed by atoms with Crippen molar-refractivity contribution in [2.24, 2.45) is 11.8 Å². The van der Waals surface area contributed by atoms with Crippen LogP contribution < -0.4 is 10.6 Å². The lowest BCUT2D eigenvalue weighted by molar-refractivity contribution is -0.125. The Hall–Kier alpha value is -2.59. The van der Waals surface area contributed by atoms with E-state index in [-0.39, 0.29) is 29.6 Å². The molecule has 0 aliphatic heterocycles. The van der Waals surface area contributed by atoms with Crippen LogP contribution >= 0.6 is 11.8 Å². The fourth-order valence-electron chi connectivity index (χ4n) is 3.43. The van der Waals surface area contributed by atoms with Crippen molar-refractivity contribution < 1.29 is 23.8 Å². The summed E-state index contributed by atoms with van der Waals surface area (Å²) in [7, 11) is 0. The van der Waals surface area contributed by atoms with E-state index in [1.165, 1.54) is 11.8 Å². The minimum Gasteiger partial charge on any atom is -0.445 e. The summed E-state index contributed by atoms with van der Waals surface area (Å²) in [4.78, 5) is 25.6. The van der Waals surface area contributed by atoms with Gasteiger partial charge in [0.25, 0.3) is 5.22 Å². The third-order valence-corrected chi connectivity index (χ3v) is 5.81. The molecule has 0 radical (unpaired) electrons. The van der Waals surface area contributed by atoms with Crippen LogP contribution in [0.2, 0.25) is 0 Å². The molecule has 2 amide bonds. The van der Waals surface area contributed by atoms with Crippen molar-refractivity contribution in [3.8, 4) is 0 Å². The second-order valence-electron chi connectivity index (χ2n) is 9.65. The van der Waals surface area contributed by atoms with Crippen molar-refractivity contribution >= 4 is 23.8 Å². The van der Waals surface area contributed by atoms with E-state index in [1.54, 1.807) is 0 Å². The van der Waals surface area contributed by atoms with Crippen molar-refractivity contribution in [2.45, 2.75) is 89.7 Å². The molecule has 0 aliphatic carbocycles. The van der Waals surface area contributed by atoms with Gasteiger partial charge in [0.2, 0.25) is 11.8 Å². The number of rotatable bonds is 13. The molecule has 1 heterocycles. The van der Waals surface area contributed by atoms with Crippen LogP contribution in [0.4, 0.5) is 4.79 Å². The third-order valence-electron chi connectivity index (χ3n) is 4.97. The normalized spacial score (nSPS) is 14.1. The zero-order valence-corrected chi connectivity index (χ0v) is 22.2. The van der Waals surface area contributed by atoms with Gasteiger partial charge in [-0.1, -0.05) is 83.6 Å². The monoisotopic (exact) mass is 506 g/mol. The lowest BCUT2D eigenvalue weighted by atomic mass is 9.97. The molecule has 0 bridgehead atoms. The van der Waals surface area contributed by atoms with Crippen molar-refractivity contribution in [1.29, 1.82) is 0 Å². The molecular weight excluding hydrogens is 468 g/mol. The van der Waals surface area contributed by atoms with E-state index in [9.17, 15) is 14.7 Å². The number of aliphatic hydroxyl groups is 1. The van der Waals surface area contributed by atoms with Gasteiger partial charge in [-0.3, -0.25) is 4.79 Å². The van der Waals surface area contributed by atoms with Gasteiger partial charge in [-0.15, -0.1) is 10.2 Å². The highest BCUT2D eigenvalue weighted by Gasteiger charge is 2.31. The second kappa shape index (κ2) is 14.1. The second-order valence-corrected chi connectivity index (χ2v) is 11.2. The summed E-state index contributed by atoms with van der Waals surface area (Å²) in [6.45, 7) is 12.0. The quantitative estimate of drug-likeness (QED) is 0.340. The summed E-state index contributed by atoms with van der Waals surface area (Å²) in [6.07, 6.45) is -0.968. The maximum absolute atomic E-state index is 13.2. The van der Waals surface area contributed by atoms with Gasteiger partial charge >= 0.3 is 6.09 Å². The molecule has 1 aromatic heterocycles. The molecule has 1 aromatic carbocycles. The van der Waals surface area contributed by atoms with E-state index < -0.39 is 30.2 Å². The van der Waals surface area contributed by atoms with Crippen LogP contribution in [0.25, 0.3) is 0 Å². The molecule has 0 saturated heterocycles. The van der Waals surface area contributed by atoms with Crippen LogP contribution in [0, 0.1) is 11.8 Å². The number of amides is 2. The summed E-state index contributed by atoms with van der Waals surface area (Å²) in [5.74, 6) is -0.0407. The molecule has 2 rings (SSSR count). The van der Waals surface area contributed by atoms with Crippen molar-refractivity contribution in [3.05, 3.63) is 41.8 Å². The highest BCUT2D eigenvalue weighted by atomic mass is 32.2. The first kappa shape index (κ1) is 28.6. The summed E-state index contributed by atoms with van der Waals surface area (Å²) in [5, 5.41) is 25.1. The van der Waals surface area contributed by atoms with E-state index in [4.69, 9.17) is 9.15 Å². The Morgan fingerprint density at radius 2 is 1.66 bits per heavy atom. The molecule has 0 spiro atoms. The van der Waals surface area contributed by atoms with Crippen molar-refractivity contribution in [2.75, 3.05) is 0 Å². The topological polar surface area (TPSA) is 127 Å². The Morgan fingerprint density at radius 1 is 1.00 bits per heavy atom. The number of nitrogens with zero attached hydrogens (tertiary/aromatic N) is 2. The number of ether oxygens (including phenoxy) is 1. The molecule has 3 N–H and O–H groups in total. The molecule has 9 nitrogen and oxygen atoms in total. The number of alkyl carbamates (subject to hydrolysis) is 1. The first-order chi connectivity index (χ1) is 16.5. The fourth-order valence-corrected chi connectivity index (χ4v) is 4.05. The maximum Gasteiger partial charge on any atom is 0.408 e. The standard InChI is InChI=1S/C25H38N4O5S/c1-15(2)12-19(21(30)23-28-29-25(34-23)35-17(5)6)26-22(31)20(13-16(3)4)27-24(32)33-14-18-10-8-7-9-11-18/h7-11,15-17,19-21,30H,12-14H2,1-6H3,(H,26,31)(H,27,32)/t19?,20-,21?/m0/s1. The molecule has 194 valence electrons. The predicted octanol–water partition coefficient (Wildman–Crippen LogP) is 4.48. The van der Waals surface area contributed by atoms with Crippen molar-refractivity contribution in [1.82, 2.24) is 20.8 Å². The molecule has 0 fully saturated rings. The number of aliphatic hydroxyl groups excluding tert-OH is 1. The zero-order valence-electron chi connectivity index (χ0n) is 21.4. The van der Waals surface area contributed by atoms with E-state index in [0.717, 1.165) is 5.56 Å². The molecule has 0 aliphatic rings. The minimum absolute atomic E-state index is 0.0507. The molecular formula is C25H38N4O5S. The Kier molecular flexibility index (Phi) is 11.5. The van der Waals surface area contributed by atoms with Crippen LogP contribution in [0.5, 0.6) is 0 Å². The molecule has 2 aromatic rings. The number of carbonyl (C=O) groups excluding carboxylic acids is 2. The molecule has 35 heavy (non-hydrogen) atoms. The number of hydrogen-bond donors (Lipinski definition) is 3. The number of thioether (sulfide) groups is 1. The lowest BCUT2D eigenvalue weighted by Gasteiger charge is -2.27. The number of nitrogens with one attached hydrogen (secondary N) is 2. The van der Waals surface area contributed by atoms with Gasteiger partial charge in [-0.2, -0.15) is 0 Å². The van der Waals surface area contributed by atoms with Gasteiger partial charge in [-0.05, 0) is 30.2 Å². The van der Waals surface area contributed by atoms with Gasteiger partial charge in [-0.25, -0.2) is 4.79 Å². The number of benzene rings is 1. The van der Waals surface area contributed by atoms with Gasteiger partial charge in [0, 0.05) is 5.25 Å². The van der Waals surface area contributed by atoms with Gasteiger partial charge < -0.3 is 24.9 Å². The number of carbonyl (C=O) groups is 2. The van der Waals surface area contributed by atoms with E-state index in [2.05, 4.69) is 20.8 Å². The summed E-state index contributed by atoms with van der Waals surface area (Å²) in [6, 6.07) is 7.82. The highest BCUT2D eigenvalue weighted by molar-refractivity contribution is 7.99. The fraction of sp³-hybridized carbons (Fsp3) is 0.600.